The molecule has 0 saturated heterocycles. The lowest BCUT2D eigenvalue weighted by Gasteiger charge is -2.33. The molecule has 3 heteroatoms. The number of carbonyl (C=O) groups excluding carboxylic acids is 1. The molecule has 0 bridgehead atoms. The van der Waals surface area contributed by atoms with Crippen LogP contribution in [0.15, 0.2) is 0 Å². The van der Waals surface area contributed by atoms with Gasteiger partial charge in [-0.2, -0.15) is 0 Å². The number of hydrogen-bond donors (Lipinski definition) is 2. The number of nitrogens with one attached hydrogen (secondary N) is 2. The third-order valence-electron chi connectivity index (χ3n) is 3.79. The summed E-state index contributed by atoms with van der Waals surface area (Å²) in [6, 6.07) is 0.609. The van der Waals surface area contributed by atoms with Crippen molar-refractivity contribution in [3.8, 4) is 0 Å². The van der Waals surface area contributed by atoms with Gasteiger partial charge in [0.2, 0.25) is 5.91 Å². The molecule has 3 unspecified atom stereocenters. The number of amides is 1. The zero-order valence-electron chi connectivity index (χ0n) is 11.6. The van der Waals surface area contributed by atoms with E-state index in [4.69, 9.17) is 0 Å². The molecule has 3 nitrogen and oxygen atoms in total. The second-order valence-corrected chi connectivity index (χ2v) is 5.56. The van der Waals surface area contributed by atoms with E-state index in [-0.39, 0.29) is 5.91 Å². The van der Waals surface area contributed by atoms with Crippen molar-refractivity contribution in [3.63, 3.8) is 0 Å². The van der Waals surface area contributed by atoms with E-state index in [0.29, 0.717) is 12.5 Å². The lowest BCUT2D eigenvalue weighted by atomic mass is 9.80. The summed E-state index contributed by atoms with van der Waals surface area (Å²) in [5.41, 5.74) is 0. The highest BCUT2D eigenvalue weighted by Gasteiger charge is 2.24. The lowest BCUT2D eigenvalue weighted by Crippen LogP contribution is -2.41. The van der Waals surface area contributed by atoms with Crippen molar-refractivity contribution in [2.45, 2.75) is 58.9 Å². The first kappa shape index (κ1) is 14.5. The molecule has 1 rings (SSSR count). The maximum atomic E-state index is 11.4. The Morgan fingerprint density at radius 2 is 2.00 bits per heavy atom. The predicted octanol–water partition coefficient (Wildman–Crippen LogP) is 2.32. The SMILES string of the molecule is CCCNC(=O)CCNC1CC(C)CCC1C. The quantitative estimate of drug-likeness (QED) is 0.748. The van der Waals surface area contributed by atoms with Gasteiger partial charge in [0, 0.05) is 25.6 Å². The molecule has 2 N–H and O–H groups in total. The molecule has 0 aromatic heterocycles. The lowest BCUT2D eigenvalue weighted by molar-refractivity contribution is -0.121. The van der Waals surface area contributed by atoms with Crippen LogP contribution in [0.25, 0.3) is 0 Å². The van der Waals surface area contributed by atoms with Crippen LogP contribution < -0.4 is 10.6 Å². The Hall–Kier alpha value is -0.570. The van der Waals surface area contributed by atoms with Crippen LogP contribution in [0.4, 0.5) is 0 Å². The molecule has 0 radical (unpaired) electrons. The Bertz CT molecular complexity index is 230. The van der Waals surface area contributed by atoms with E-state index in [1.165, 1.54) is 19.3 Å². The van der Waals surface area contributed by atoms with Crippen molar-refractivity contribution in [1.29, 1.82) is 0 Å². The van der Waals surface area contributed by atoms with E-state index in [2.05, 4.69) is 31.4 Å². The molecule has 1 aliphatic carbocycles. The van der Waals surface area contributed by atoms with Crippen molar-refractivity contribution in [2.24, 2.45) is 11.8 Å². The van der Waals surface area contributed by atoms with Gasteiger partial charge in [0.15, 0.2) is 0 Å². The highest BCUT2D eigenvalue weighted by atomic mass is 16.1. The second-order valence-electron chi connectivity index (χ2n) is 5.56. The zero-order chi connectivity index (χ0) is 12.7. The van der Waals surface area contributed by atoms with Crippen molar-refractivity contribution in [1.82, 2.24) is 10.6 Å². The van der Waals surface area contributed by atoms with Gasteiger partial charge in [-0.15, -0.1) is 0 Å². The fourth-order valence-corrected chi connectivity index (χ4v) is 2.54. The molecule has 1 aliphatic rings. The van der Waals surface area contributed by atoms with E-state index in [1.807, 2.05) is 0 Å². The Balaban J connectivity index is 2.14. The molecule has 0 aliphatic heterocycles. The van der Waals surface area contributed by atoms with Gasteiger partial charge in [0.1, 0.15) is 0 Å². The van der Waals surface area contributed by atoms with Gasteiger partial charge in [-0.1, -0.05) is 27.2 Å². The molecule has 0 aromatic rings. The summed E-state index contributed by atoms with van der Waals surface area (Å²) >= 11 is 0. The van der Waals surface area contributed by atoms with Gasteiger partial charge in [-0.3, -0.25) is 4.79 Å². The molecule has 1 amide bonds. The zero-order valence-corrected chi connectivity index (χ0v) is 11.6. The minimum absolute atomic E-state index is 0.177. The molecule has 0 spiro atoms. The minimum Gasteiger partial charge on any atom is -0.356 e. The highest BCUT2D eigenvalue weighted by molar-refractivity contribution is 5.75. The predicted molar refractivity (Wildman–Crippen MR) is 71.9 cm³/mol. The smallest absolute Gasteiger partial charge is 0.221 e. The Labute approximate surface area is 106 Å². The first-order valence-corrected chi connectivity index (χ1v) is 7.13. The molecular weight excluding hydrogens is 212 g/mol. The average Bonchev–Trinajstić information content (AvgIpc) is 2.31. The topological polar surface area (TPSA) is 41.1 Å². The van der Waals surface area contributed by atoms with Crippen molar-refractivity contribution in [2.75, 3.05) is 13.1 Å². The number of hydrogen-bond acceptors (Lipinski definition) is 2. The first-order chi connectivity index (χ1) is 8.13. The van der Waals surface area contributed by atoms with Gasteiger partial charge in [-0.05, 0) is 31.1 Å². The first-order valence-electron chi connectivity index (χ1n) is 7.13. The number of carbonyl (C=O) groups is 1. The van der Waals surface area contributed by atoms with Crippen LogP contribution in [0.2, 0.25) is 0 Å². The summed E-state index contributed by atoms with van der Waals surface area (Å²) in [7, 11) is 0. The molecule has 1 saturated carbocycles. The van der Waals surface area contributed by atoms with Gasteiger partial charge in [0.05, 0.1) is 0 Å². The van der Waals surface area contributed by atoms with E-state index in [9.17, 15) is 4.79 Å². The summed E-state index contributed by atoms with van der Waals surface area (Å²) in [6.07, 6.45) is 5.56. The minimum atomic E-state index is 0.177. The average molecular weight is 240 g/mol. The Morgan fingerprint density at radius 1 is 1.24 bits per heavy atom. The molecule has 17 heavy (non-hydrogen) atoms. The van der Waals surface area contributed by atoms with Crippen molar-refractivity contribution < 1.29 is 4.79 Å². The molecule has 3 atom stereocenters. The standard InChI is InChI=1S/C14H28N2O/c1-4-8-16-14(17)7-9-15-13-10-11(2)5-6-12(13)3/h11-13,15H,4-10H2,1-3H3,(H,16,17). The molecule has 0 heterocycles. The van der Waals surface area contributed by atoms with Crippen LogP contribution in [-0.4, -0.2) is 25.0 Å². The van der Waals surface area contributed by atoms with Crippen LogP contribution in [0.5, 0.6) is 0 Å². The van der Waals surface area contributed by atoms with Crippen molar-refractivity contribution >= 4 is 5.91 Å². The summed E-state index contributed by atoms with van der Waals surface area (Å²) in [4.78, 5) is 11.4. The second kappa shape index (κ2) is 7.70. The maximum absolute atomic E-state index is 11.4. The molecule has 1 fully saturated rings. The van der Waals surface area contributed by atoms with Gasteiger partial charge < -0.3 is 10.6 Å². The Morgan fingerprint density at radius 3 is 2.71 bits per heavy atom. The van der Waals surface area contributed by atoms with E-state index in [1.54, 1.807) is 0 Å². The van der Waals surface area contributed by atoms with Crippen LogP contribution in [-0.2, 0) is 4.79 Å². The normalized spacial score (nSPS) is 29.0. The van der Waals surface area contributed by atoms with Gasteiger partial charge in [0.25, 0.3) is 0 Å². The number of rotatable bonds is 6. The molecular formula is C14H28N2O. The van der Waals surface area contributed by atoms with Gasteiger partial charge in [-0.25, -0.2) is 0 Å². The summed E-state index contributed by atoms with van der Waals surface area (Å²) in [5, 5.41) is 6.46. The van der Waals surface area contributed by atoms with Crippen LogP contribution in [0, 0.1) is 11.8 Å². The van der Waals surface area contributed by atoms with Crippen LogP contribution in [0.3, 0.4) is 0 Å². The van der Waals surface area contributed by atoms with E-state index in [0.717, 1.165) is 31.3 Å². The fourth-order valence-electron chi connectivity index (χ4n) is 2.54. The monoisotopic (exact) mass is 240 g/mol. The van der Waals surface area contributed by atoms with E-state index < -0.39 is 0 Å². The summed E-state index contributed by atoms with van der Waals surface area (Å²) in [5.74, 6) is 1.76. The Kier molecular flexibility index (Phi) is 6.56. The largest absolute Gasteiger partial charge is 0.356 e. The molecule has 100 valence electrons. The fraction of sp³-hybridized carbons (Fsp3) is 0.929. The molecule has 0 aromatic carbocycles. The van der Waals surface area contributed by atoms with Crippen molar-refractivity contribution in [3.05, 3.63) is 0 Å². The van der Waals surface area contributed by atoms with E-state index >= 15 is 0 Å². The van der Waals surface area contributed by atoms with Crippen LogP contribution in [0.1, 0.15) is 52.9 Å². The van der Waals surface area contributed by atoms with Crippen LogP contribution >= 0.6 is 0 Å². The highest BCUT2D eigenvalue weighted by Crippen LogP contribution is 2.28. The van der Waals surface area contributed by atoms with Gasteiger partial charge >= 0.3 is 0 Å². The summed E-state index contributed by atoms with van der Waals surface area (Å²) in [6.45, 7) is 8.34. The summed E-state index contributed by atoms with van der Waals surface area (Å²) < 4.78 is 0. The maximum Gasteiger partial charge on any atom is 0.221 e. The third kappa shape index (κ3) is 5.53. The third-order valence-corrected chi connectivity index (χ3v) is 3.79.